The van der Waals surface area contributed by atoms with Crippen LogP contribution in [0.2, 0.25) is 0 Å². The Morgan fingerprint density at radius 2 is 2.36 bits per heavy atom. The Kier molecular flexibility index (Phi) is 2.10. The highest BCUT2D eigenvalue weighted by molar-refractivity contribution is 5.83. The van der Waals surface area contributed by atoms with Crippen LogP contribution in [-0.2, 0) is 7.05 Å². The van der Waals surface area contributed by atoms with Gasteiger partial charge in [-0.3, -0.25) is 9.78 Å². The first-order valence-electron chi connectivity index (χ1n) is 4.20. The quantitative estimate of drug-likeness (QED) is 0.665. The molecule has 0 atom stereocenters. The summed E-state index contributed by atoms with van der Waals surface area (Å²) in [5.41, 5.74) is 2.14. The summed E-state index contributed by atoms with van der Waals surface area (Å²) in [7, 11) is 1.85. The molecule has 0 bridgehead atoms. The highest BCUT2D eigenvalue weighted by Gasteiger charge is 2.09. The van der Waals surface area contributed by atoms with Gasteiger partial charge in [-0.2, -0.15) is 0 Å². The van der Waals surface area contributed by atoms with Gasteiger partial charge >= 0.3 is 0 Å². The van der Waals surface area contributed by atoms with Gasteiger partial charge < -0.3 is 4.57 Å². The molecule has 4 nitrogen and oxygen atoms in total. The minimum absolute atomic E-state index is 0.445. The lowest BCUT2D eigenvalue weighted by Crippen LogP contribution is -1.93. The smallest absolute Gasteiger partial charge is 0.170 e. The van der Waals surface area contributed by atoms with Crippen molar-refractivity contribution in [3.8, 4) is 11.3 Å². The third-order valence-electron chi connectivity index (χ3n) is 2.01. The van der Waals surface area contributed by atoms with E-state index >= 15 is 0 Å². The van der Waals surface area contributed by atoms with E-state index in [2.05, 4.69) is 9.97 Å². The molecule has 70 valence electrons. The second-order valence-electron chi connectivity index (χ2n) is 2.95. The minimum atomic E-state index is 0.445. The van der Waals surface area contributed by atoms with E-state index in [1.165, 1.54) is 0 Å². The van der Waals surface area contributed by atoms with Crippen LogP contribution in [0.3, 0.4) is 0 Å². The van der Waals surface area contributed by atoms with Crippen molar-refractivity contribution in [1.82, 2.24) is 14.5 Å². The standard InChI is InChI=1S/C10H9N3O/c1-13-7-12-9(6-14)10(13)8-3-2-4-11-5-8/h2-7H,1H3. The van der Waals surface area contributed by atoms with Gasteiger partial charge in [-0.1, -0.05) is 0 Å². The number of aromatic nitrogens is 3. The highest BCUT2D eigenvalue weighted by Crippen LogP contribution is 2.19. The summed E-state index contributed by atoms with van der Waals surface area (Å²) >= 11 is 0. The van der Waals surface area contributed by atoms with Gasteiger partial charge in [0, 0.05) is 25.0 Å². The molecule has 0 saturated heterocycles. The average molecular weight is 187 g/mol. The van der Waals surface area contributed by atoms with Gasteiger partial charge in [0.15, 0.2) is 6.29 Å². The van der Waals surface area contributed by atoms with E-state index in [1.807, 2.05) is 19.2 Å². The number of imidazole rings is 1. The van der Waals surface area contributed by atoms with Crippen molar-refractivity contribution < 1.29 is 4.79 Å². The van der Waals surface area contributed by atoms with Crippen molar-refractivity contribution in [3.63, 3.8) is 0 Å². The normalized spacial score (nSPS) is 10.1. The minimum Gasteiger partial charge on any atom is -0.333 e. The van der Waals surface area contributed by atoms with Crippen molar-refractivity contribution in [2.45, 2.75) is 0 Å². The van der Waals surface area contributed by atoms with E-state index in [0.717, 1.165) is 17.5 Å². The van der Waals surface area contributed by atoms with E-state index < -0.39 is 0 Å². The lowest BCUT2D eigenvalue weighted by Gasteiger charge is -2.01. The molecular formula is C10H9N3O. The number of hydrogen-bond donors (Lipinski definition) is 0. The average Bonchev–Trinajstić information content (AvgIpc) is 2.61. The maximum atomic E-state index is 10.7. The molecule has 0 fully saturated rings. The zero-order valence-corrected chi connectivity index (χ0v) is 7.71. The zero-order valence-electron chi connectivity index (χ0n) is 7.71. The monoisotopic (exact) mass is 187 g/mol. The van der Waals surface area contributed by atoms with Crippen molar-refractivity contribution in [1.29, 1.82) is 0 Å². The van der Waals surface area contributed by atoms with E-state index in [1.54, 1.807) is 23.3 Å². The Labute approximate surface area is 81.2 Å². The van der Waals surface area contributed by atoms with E-state index in [0.29, 0.717) is 5.69 Å². The molecule has 2 aromatic rings. The van der Waals surface area contributed by atoms with Crippen LogP contribution in [0.5, 0.6) is 0 Å². The Bertz CT molecular complexity index is 448. The number of aldehydes is 1. The molecule has 14 heavy (non-hydrogen) atoms. The maximum Gasteiger partial charge on any atom is 0.170 e. The first kappa shape index (κ1) is 8.62. The predicted octanol–water partition coefficient (Wildman–Crippen LogP) is 1.29. The summed E-state index contributed by atoms with van der Waals surface area (Å²) in [5.74, 6) is 0. The summed E-state index contributed by atoms with van der Waals surface area (Å²) in [6.45, 7) is 0. The van der Waals surface area contributed by atoms with E-state index in [4.69, 9.17) is 0 Å². The summed E-state index contributed by atoms with van der Waals surface area (Å²) < 4.78 is 1.81. The molecule has 2 aromatic heterocycles. The van der Waals surface area contributed by atoms with Gasteiger partial charge in [0.1, 0.15) is 5.69 Å². The second-order valence-corrected chi connectivity index (χ2v) is 2.95. The molecule has 0 aliphatic carbocycles. The topological polar surface area (TPSA) is 47.8 Å². The maximum absolute atomic E-state index is 10.7. The molecule has 0 aromatic carbocycles. The van der Waals surface area contributed by atoms with Crippen molar-refractivity contribution in [2.75, 3.05) is 0 Å². The van der Waals surface area contributed by atoms with E-state index in [9.17, 15) is 4.79 Å². The largest absolute Gasteiger partial charge is 0.333 e. The number of hydrogen-bond acceptors (Lipinski definition) is 3. The van der Waals surface area contributed by atoms with Crippen LogP contribution < -0.4 is 0 Å². The highest BCUT2D eigenvalue weighted by atomic mass is 16.1. The molecule has 2 heterocycles. The number of rotatable bonds is 2. The fraction of sp³-hybridized carbons (Fsp3) is 0.100. The third kappa shape index (κ3) is 1.31. The Morgan fingerprint density at radius 3 is 3.00 bits per heavy atom. The van der Waals surface area contributed by atoms with Crippen LogP contribution in [0, 0.1) is 0 Å². The summed E-state index contributed by atoms with van der Waals surface area (Å²) in [6, 6.07) is 3.73. The lowest BCUT2D eigenvalue weighted by atomic mass is 10.2. The van der Waals surface area contributed by atoms with Crippen molar-refractivity contribution in [2.24, 2.45) is 7.05 Å². The molecule has 0 amide bonds. The van der Waals surface area contributed by atoms with Crippen LogP contribution in [0.25, 0.3) is 11.3 Å². The van der Waals surface area contributed by atoms with Gasteiger partial charge in [-0.25, -0.2) is 4.98 Å². The van der Waals surface area contributed by atoms with Crippen LogP contribution >= 0.6 is 0 Å². The molecule has 0 aliphatic heterocycles. The molecule has 0 unspecified atom stereocenters. The van der Waals surface area contributed by atoms with Crippen molar-refractivity contribution >= 4 is 6.29 Å². The van der Waals surface area contributed by atoms with Gasteiger partial charge in [-0.15, -0.1) is 0 Å². The second kappa shape index (κ2) is 3.41. The molecule has 0 spiro atoms. The Hall–Kier alpha value is -1.97. The summed E-state index contributed by atoms with van der Waals surface area (Å²) in [4.78, 5) is 18.7. The fourth-order valence-corrected chi connectivity index (χ4v) is 1.39. The SMILES string of the molecule is Cn1cnc(C=O)c1-c1cccnc1. The molecule has 0 saturated carbocycles. The molecular weight excluding hydrogens is 178 g/mol. The predicted molar refractivity (Wildman–Crippen MR) is 51.8 cm³/mol. The molecule has 2 rings (SSSR count). The van der Waals surface area contributed by atoms with Crippen LogP contribution in [-0.4, -0.2) is 20.8 Å². The third-order valence-corrected chi connectivity index (χ3v) is 2.01. The molecule has 0 aliphatic rings. The summed E-state index contributed by atoms with van der Waals surface area (Å²) in [5, 5.41) is 0. The van der Waals surface area contributed by atoms with Crippen molar-refractivity contribution in [3.05, 3.63) is 36.5 Å². The van der Waals surface area contributed by atoms with Gasteiger partial charge in [0.25, 0.3) is 0 Å². The number of carbonyl (C=O) groups is 1. The van der Waals surface area contributed by atoms with Gasteiger partial charge in [-0.05, 0) is 12.1 Å². The number of aryl methyl sites for hydroxylation is 1. The molecule has 0 radical (unpaired) electrons. The van der Waals surface area contributed by atoms with Gasteiger partial charge in [0.05, 0.1) is 12.0 Å². The summed E-state index contributed by atoms with van der Waals surface area (Å²) in [6.07, 6.45) is 5.78. The number of carbonyl (C=O) groups excluding carboxylic acids is 1. The van der Waals surface area contributed by atoms with E-state index in [-0.39, 0.29) is 0 Å². The molecule has 0 N–H and O–H groups in total. The zero-order chi connectivity index (χ0) is 9.97. The lowest BCUT2D eigenvalue weighted by molar-refractivity contribution is 0.112. The first-order chi connectivity index (χ1) is 6.83. The molecule has 4 heteroatoms. The Morgan fingerprint density at radius 1 is 1.50 bits per heavy atom. The van der Waals surface area contributed by atoms with Crippen LogP contribution in [0.15, 0.2) is 30.9 Å². The van der Waals surface area contributed by atoms with Crippen LogP contribution in [0.4, 0.5) is 0 Å². The fourth-order valence-electron chi connectivity index (χ4n) is 1.39. The van der Waals surface area contributed by atoms with Gasteiger partial charge in [0.2, 0.25) is 0 Å². The number of nitrogens with zero attached hydrogens (tertiary/aromatic N) is 3. The van der Waals surface area contributed by atoms with Crippen LogP contribution in [0.1, 0.15) is 10.5 Å². The number of pyridine rings is 1. The first-order valence-corrected chi connectivity index (χ1v) is 4.20. The Balaban J connectivity index is 2.61.